The topological polar surface area (TPSA) is 50.7 Å². The van der Waals surface area contributed by atoms with E-state index in [2.05, 4.69) is 9.98 Å². The van der Waals surface area contributed by atoms with Crippen LogP contribution >= 0.6 is 23.2 Å². The first-order chi connectivity index (χ1) is 4.16. The fourth-order valence-electron chi connectivity index (χ4n) is 0.254. The third-order valence-corrected chi connectivity index (χ3v) is 0.776. The Labute approximate surface area is 63.6 Å². The van der Waals surface area contributed by atoms with E-state index in [9.17, 15) is 0 Å². The predicted molar refractivity (Wildman–Crippen MR) is 41.3 cm³/mol. The molecule has 0 spiro atoms. The molecule has 0 atom stereocenters. The zero-order chi connectivity index (χ0) is 7.28. The standard InChI is InChI=1S/C4H7Cl2N3/c1-2-8-4(6)9-3(5)7/h2H2,1H3,(H2,7,8,9). The third-order valence-electron chi connectivity index (χ3n) is 0.488. The van der Waals surface area contributed by atoms with E-state index in [-0.39, 0.29) is 10.6 Å². The molecule has 0 bridgehead atoms. The molecule has 0 aromatic carbocycles. The van der Waals surface area contributed by atoms with Crippen molar-refractivity contribution in [3.05, 3.63) is 0 Å². The summed E-state index contributed by atoms with van der Waals surface area (Å²) in [6, 6.07) is 0. The quantitative estimate of drug-likeness (QED) is 0.356. The van der Waals surface area contributed by atoms with Gasteiger partial charge in [-0.05, 0) is 30.1 Å². The Morgan fingerprint density at radius 1 is 1.56 bits per heavy atom. The number of rotatable bonds is 1. The second kappa shape index (κ2) is 4.58. The lowest BCUT2D eigenvalue weighted by Crippen LogP contribution is -2.03. The molecular weight excluding hydrogens is 161 g/mol. The van der Waals surface area contributed by atoms with Gasteiger partial charge >= 0.3 is 0 Å². The fourth-order valence-corrected chi connectivity index (χ4v) is 0.588. The Morgan fingerprint density at radius 3 is 2.44 bits per heavy atom. The van der Waals surface area contributed by atoms with Crippen LogP contribution in [-0.4, -0.2) is 17.1 Å². The Hall–Kier alpha value is -0.280. The zero-order valence-corrected chi connectivity index (χ0v) is 6.45. The van der Waals surface area contributed by atoms with Crippen LogP contribution in [0.3, 0.4) is 0 Å². The first kappa shape index (κ1) is 8.72. The lowest BCUT2D eigenvalue weighted by molar-refractivity contribution is 1.13. The molecule has 0 aromatic rings. The largest absolute Gasteiger partial charge is 0.374 e. The molecule has 0 rings (SSSR count). The molecule has 0 amide bonds. The van der Waals surface area contributed by atoms with Crippen LogP contribution in [-0.2, 0) is 0 Å². The second-order valence-electron chi connectivity index (χ2n) is 1.18. The molecule has 9 heavy (non-hydrogen) atoms. The van der Waals surface area contributed by atoms with E-state index >= 15 is 0 Å². The minimum Gasteiger partial charge on any atom is -0.374 e. The fraction of sp³-hybridized carbons (Fsp3) is 0.500. The number of nitrogens with zero attached hydrogens (tertiary/aromatic N) is 2. The predicted octanol–water partition coefficient (Wildman–Crippen LogP) is 1.15. The monoisotopic (exact) mass is 167 g/mol. The first-order valence-corrected chi connectivity index (χ1v) is 3.12. The van der Waals surface area contributed by atoms with Crippen molar-refractivity contribution in [2.45, 2.75) is 6.92 Å². The van der Waals surface area contributed by atoms with Crippen LogP contribution in [0.25, 0.3) is 0 Å². The molecule has 0 aliphatic rings. The van der Waals surface area contributed by atoms with Gasteiger partial charge in [0.15, 0.2) is 5.29 Å². The smallest absolute Gasteiger partial charge is 0.220 e. The van der Waals surface area contributed by atoms with Crippen LogP contribution in [0.5, 0.6) is 0 Å². The van der Waals surface area contributed by atoms with Crippen molar-refractivity contribution < 1.29 is 0 Å². The molecule has 0 aliphatic heterocycles. The van der Waals surface area contributed by atoms with Gasteiger partial charge in [0.2, 0.25) is 5.29 Å². The van der Waals surface area contributed by atoms with Crippen molar-refractivity contribution >= 4 is 33.8 Å². The summed E-state index contributed by atoms with van der Waals surface area (Å²) in [5.41, 5.74) is 4.97. The highest BCUT2D eigenvalue weighted by Gasteiger charge is 1.87. The zero-order valence-electron chi connectivity index (χ0n) is 4.93. The van der Waals surface area contributed by atoms with Crippen molar-refractivity contribution in [1.29, 1.82) is 0 Å². The first-order valence-electron chi connectivity index (χ1n) is 2.36. The third kappa shape index (κ3) is 5.59. The summed E-state index contributed by atoms with van der Waals surface area (Å²) in [6.45, 7) is 2.41. The maximum atomic E-state index is 5.37. The molecule has 0 unspecified atom stereocenters. The summed E-state index contributed by atoms with van der Waals surface area (Å²) in [5.74, 6) is 0. The van der Waals surface area contributed by atoms with E-state index < -0.39 is 0 Å². The average molecular weight is 168 g/mol. The van der Waals surface area contributed by atoms with Gasteiger partial charge < -0.3 is 5.73 Å². The Kier molecular flexibility index (Phi) is 4.44. The van der Waals surface area contributed by atoms with Gasteiger partial charge in [0.25, 0.3) is 0 Å². The van der Waals surface area contributed by atoms with Crippen molar-refractivity contribution in [2.75, 3.05) is 6.54 Å². The van der Waals surface area contributed by atoms with Crippen molar-refractivity contribution in [2.24, 2.45) is 15.7 Å². The minimum absolute atomic E-state index is 0.0880. The number of amidine groups is 2. The van der Waals surface area contributed by atoms with Crippen molar-refractivity contribution in [3.8, 4) is 0 Å². The van der Waals surface area contributed by atoms with Crippen LogP contribution in [0.4, 0.5) is 0 Å². The molecule has 0 saturated heterocycles. The maximum Gasteiger partial charge on any atom is 0.220 e. The van der Waals surface area contributed by atoms with Gasteiger partial charge in [-0.2, -0.15) is 4.99 Å². The number of hydrogen-bond acceptors (Lipinski definition) is 1. The Bertz CT molecular complexity index is 137. The lowest BCUT2D eigenvalue weighted by atomic mass is 10.8. The van der Waals surface area contributed by atoms with Crippen LogP contribution < -0.4 is 5.73 Å². The highest BCUT2D eigenvalue weighted by molar-refractivity contribution is 6.70. The number of nitrogens with two attached hydrogens (primary N) is 1. The van der Waals surface area contributed by atoms with E-state index in [4.69, 9.17) is 28.9 Å². The van der Waals surface area contributed by atoms with E-state index in [1.807, 2.05) is 6.92 Å². The van der Waals surface area contributed by atoms with Gasteiger partial charge in [-0.3, -0.25) is 4.99 Å². The van der Waals surface area contributed by atoms with Crippen molar-refractivity contribution in [3.63, 3.8) is 0 Å². The maximum absolute atomic E-state index is 5.37. The SMILES string of the molecule is CCN=C(Cl)N=C(N)Cl. The Balaban J connectivity index is 3.90. The van der Waals surface area contributed by atoms with Gasteiger partial charge in [-0.15, -0.1) is 0 Å². The molecule has 0 saturated carbocycles. The van der Waals surface area contributed by atoms with Gasteiger partial charge in [0.1, 0.15) is 0 Å². The summed E-state index contributed by atoms with van der Waals surface area (Å²) in [7, 11) is 0. The molecule has 0 aliphatic carbocycles. The average Bonchev–Trinajstić information content (AvgIpc) is 1.63. The van der Waals surface area contributed by atoms with E-state index in [1.165, 1.54) is 0 Å². The van der Waals surface area contributed by atoms with Crippen LogP contribution in [0.15, 0.2) is 9.98 Å². The molecule has 0 radical (unpaired) electrons. The van der Waals surface area contributed by atoms with E-state index in [0.29, 0.717) is 6.54 Å². The highest BCUT2D eigenvalue weighted by atomic mass is 35.5. The molecular formula is C4H7Cl2N3. The van der Waals surface area contributed by atoms with Crippen LogP contribution in [0.1, 0.15) is 6.92 Å². The molecule has 5 heteroatoms. The summed E-state index contributed by atoms with van der Waals surface area (Å²) < 4.78 is 0. The number of aliphatic imine (C=N–C) groups is 2. The summed E-state index contributed by atoms with van der Waals surface area (Å²) in [6.07, 6.45) is 0. The van der Waals surface area contributed by atoms with E-state index in [0.717, 1.165) is 0 Å². The van der Waals surface area contributed by atoms with Crippen molar-refractivity contribution in [1.82, 2.24) is 0 Å². The van der Waals surface area contributed by atoms with Crippen LogP contribution in [0.2, 0.25) is 0 Å². The van der Waals surface area contributed by atoms with Crippen LogP contribution in [0, 0.1) is 0 Å². The molecule has 2 N–H and O–H groups in total. The number of hydrogen-bond donors (Lipinski definition) is 1. The molecule has 0 heterocycles. The molecule has 0 fully saturated rings. The summed E-state index contributed by atoms with van der Waals surface area (Å²) in [5, 5.41) is -0.0119. The summed E-state index contributed by atoms with van der Waals surface area (Å²) in [4.78, 5) is 7.14. The lowest BCUT2D eigenvalue weighted by Gasteiger charge is -1.86. The second-order valence-corrected chi connectivity index (χ2v) is 1.90. The van der Waals surface area contributed by atoms with Gasteiger partial charge in [0, 0.05) is 6.54 Å². The van der Waals surface area contributed by atoms with Gasteiger partial charge in [0.05, 0.1) is 0 Å². The van der Waals surface area contributed by atoms with Gasteiger partial charge in [-0.25, -0.2) is 0 Å². The summed E-state index contributed by atoms with van der Waals surface area (Å²) >= 11 is 10.5. The number of halogens is 2. The minimum atomic E-state index is -0.0998. The van der Waals surface area contributed by atoms with E-state index in [1.54, 1.807) is 0 Å². The highest BCUT2D eigenvalue weighted by Crippen LogP contribution is 1.89. The Morgan fingerprint density at radius 2 is 2.11 bits per heavy atom. The molecule has 3 nitrogen and oxygen atoms in total. The van der Waals surface area contributed by atoms with Gasteiger partial charge in [-0.1, -0.05) is 0 Å². The molecule has 52 valence electrons. The molecule has 0 aromatic heterocycles. The normalized spacial score (nSPS) is 14.1.